The monoisotopic (exact) mass is 403 g/mol. The molecule has 154 valence electrons. The molecular formula is C23H25N5O2. The Morgan fingerprint density at radius 3 is 2.80 bits per heavy atom. The third kappa shape index (κ3) is 3.58. The summed E-state index contributed by atoms with van der Waals surface area (Å²) in [4.78, 5) is 14.7. The highest BCUT2D eigenvalue weighted by Crippen LogP contribution is 2.30. The molecule has 0 aliphatic carbocycles. The number of aromatic carboxylic acids is 1. The van der Waals surface area contributed by atoms with Gasteiger partial charge in [0.2, 0.25) is 0 Å². The van der Waals surface area contributed by atoms with E-state index in [0.29, 0.717) is 5.52 Å². The van der Waals surface area contributed by atoms with Crippen LogP contribution in [0.25, 0.3) is 33.2 Å². The standard InChI is InChI=1S/C23H25N5O2/c29-23(30)15-4-5-17-20(10-15)27-28-22(17)21-11-18-16(2-1-3-19(18)26-21)13-25-12-14-6-8-24-9-7-14/h1-5,10-11,14,24-26H,6-9,12-13H2,(H,27,28)(H,29,30). The second-order valence-corrected chi connectivity index (χ2v) is 8.02. The average molecular weight is 403 g/mol. The summed E-state index contributed by atoms with van der Waals surface area (Å²) < 4.78 is 0. The molecule has 0 unspecified atom stereocenters. The van der Waals surface area contributed by atoms with Crippen molar-refractivity contribution < 1.29 is 9.90 Å². The van der Waals surface area contributed by atoms with Crippen LogP contribution < -0.4 is 10.6 Å². The van der Waals surface area contributed by atoms with Crippen LogP contribution in [0.15, 0.2) is 42.5 Å². The molecule has 5 rings (SSSR count). The summed E-state index contributed by atoms with van der Waals surface area (Å²) >= 11 is 0. The lowest BCUT2D eigenvalue weighted by molar-refractivity contribution is 0.0697. The van der Waals surface area contributed by atoms with Crippen molar-refractivity contribution in [2.45, 2.75) is 19.4 Å². The van der Waals surface area contributed by atoms with E-state index in [1.54, 1.807) is 12.1 Å². The van der Waals surface area contributed by atoms with Crippen molar-refractivity contribution in [2.24, 2.45) is 5.92 Å². The fourth-order valence-electron chi connectivity index (χ4n) is 4.35. The molecule has 7 heteroatoms. The van der Waals surface area contributed by atoms with Crippen LogP contribution in [0.4, 0.5) is 0 Å². The number of nitrogens with zero attached hydrogens (tertiary/aromatic N) is 1. The van der Waals surface area contributed by atoms with Gasteiger partial charge in [-0.3, -0.25) is 5.10 Å². The lowest BCUT2D eigenvalue weighted by Gasteiger charge is -2.22. The van der Waals surface area contributed by atoms with Gasteiger partial charge in [0.1, 0.15) is 5.69 Å². The lowest BCUT2D eigenvalue weighted by Crippen LogP contribution is -2.33. The van der Waals surface area contributed by atoms with Crippen molar-refractivity contribution in [3.8, 4) is 11.4 Å². The summed E-state index contributed by atoms with van der Waals surface area (Å²) in [6.07, 6.45) is 2.47. The van der Waals surface area contributed by atoms with Gasteiger partial charge in [-0.25, -0.2) is 4.79 Å². The minimum Gasteiger partial charge on any atom is -0.478 e. The van der Waals surface area contributed by atoms with E-state index in [4.69, 9.17) is 0 Å². The van der Waals surface area contributed by atoms with Gasteiger partial charge < -0.3 is 20.7 Å². The second kappa shape index (κ2) is 7.93. The van der Waals surface area contributed by atoms with Crippen molar-refractivity contribution in [2.75, 3.05) is 19.6 Å². The molecule has 30 heavy (non-hydrogen) atoms. The van der Waals surface area contributed by atoms with Gasteiger partial charge in [-0.1, -0.05) is 12.1 Å². The Morgan fingerprint density at radius 1 is 1.10 bits per heavy atom. The summed E-state index contributed by atoms with van der Waals surface area (Å²) in [6.45, 7) is 4.12. The number of benzene rings is 2. The molecule has 5 N–H and O–H groups in total. The highest BCUT2D eigenvalue weighted by Gasteiger charge is 2.15. The van der Waals surface area contributed by atoms with Gasteiger partial charge in [0.15, 0.2) is 0 Å². The molecule has 7 nitrogen and oxygen atoms in total. The number of carboxylic acids is 1. The quantitative estimate of drug-likeness (QED) is 0.339. The number of carboxylic acid groups (broad SMARTS) is 1. The number of aromatic amines is 2. The zero-order chi connectivity index (χ0) is 20.5. The molecule has 0 bridgehead atoms. The van der Waals surface area contributed by atoms with E-state index in [9.17, 15) is 9.90 Å². The number of rotatable bonds is 6. The summed E-state index contributed by atoms with van der Waals surface area (Å²) in [5, 5.41) is 25.7. The van der Waals surface area contributed by atoms with Gasteiger partial charge in [-0.2, -0.15) is 5.10 Å². The molecule has 2 aromatic heterocycles. The van der Waals surface area contributed by atoms with Gasteiger partial charge in [0, 0.05) is 22.8 Å². The van der Waals surface area contributed by atoms with Crippen LogP contribution in [0.1, 0.15) is 28.8 Å². The maximum atomic E-state index is 11.2. The first-order chi connectivity index (χ1) is 14.7. The molecule has 1 saturated heterocycles. The van der Waals surface area contributed by atoms with Crippen LogP contribution in [-0.2, 0) is 6.54 Å². The Bertz CT molecular complexity index is 1200. The molecule has 1 aliphatic rings. The molecule has 0 amide bonds. The molecule has 0 atom stereocenters. The number of H-pyrrole nitrogens is 2. The molecule has 0 saturated carbocycles. The number of aromatic nitrogens is 3. The normalized spacial score (nSPS) is 15.2. The third-order valence-electron chi connectivity index (χ3n) is 6.03. The topological polar surface area (TPSA) is 106 Å². The van der Waals surface area contributed by atoms with Crippen molar-refractivity contribution >= 4 is 27.8 Å². The first-order valence-corrected chi connectivity index (χ1v) is 10.4. The van der Waals surface area contributed by atoms with Crippen molar-refractivity contribution in [1.82, 2.24) is 25.8 Å². The van der Waals surface area contributed by atoms with Crippen LogP contribution in [0.5, 0.6) is 0 Å². The van der Waals surface area contributed by atoms with Gasteiger partial charge in [-0.15, -0.1) is 0 Å². The lowest BCUT2D eigenvalue weighted by atomic mass is 9.98. The summed E-state index contributed by atoms with van der Waals surface area (Å²) in [6, 6.07) is 13.5. The molecule has 4 aromatic rings. The van der Waals surface area contributed by atoms with E-state index in [1.165, 1.54) is 23.8 Å². The predicted molar refractivity (Wildman–Crippen MR) is 118 cm³/mol. The van der Waals surface area contributed by atoms with Crippen LogP contribution in [0.3, 0.4) is 0 Å². The van der Waals surface area contributed by atoms with E-state index < -0.39 is 5.97 Å². The number of nitrogens with one attached hydrogen (secondary N) is 4. The minimum absolute atomic E-state index is 0.247. The zero-order valence-electron chi connectivity index (χ0n) is 16.7. The molecule has 2 aromatic carbocycles. The zero-order valence-corrected chi connectivity index (χ0v) is 16.7. The van der Waals surface area contributed by atoms with Gasteiger partial charge >= 0.3 is 5.97 Å². The van der Waals surface area contributed by atoms with Crippen LogP contribution in [0.2, 0.25) is 0 Å². The second-order valence-electron chi connectivity index (χ2n) is 8.02. The number of hydrogen-bond donors (Lipinski definition) is 5. The molecule has 0 spiro atoms. The fraction of sp³-hybridized carbons (Fsp3) is 0.304. The van der Waals surface area contributed by atoms with Crippen molar-refractivity contribution in [3.63, 3.8) is 0 Å². The first-order valence-electron chi connectivity index (χ1n) is 10.4. The van der Waals surface area contributed by atoms with Crippen LogP contribution >= 0.6 is 0 Å². The van der Waals surface area contributed by atoms with Gasteiger partial charge in [0.25, 0.3) is 0 Å². The Hall–Kier alpha value is -3.16. The maximum Gasteiger partial charge on any atom is 0.335 e. The number of piperidine rings is 1. The number of carbonyl (C=O) groups is 1. The largest absolute Gasteiger partial charge is 0.478 e. The fourth-order valence-corrected chi connectivity index (χ4v) is 4.35. The van der Waals surface area contributed by atoms with Crippen molar-refractivity contribution in [3.05, 3.63) is 53.6 Å². The molecule has 1 fully saturated rings. The van der Waals surface area contributed by atoms with E-state index in [0.717, 1.165) is 54.4 Å². The van der Waals surface area contributed by atoms with Gasteiger partial charge in [-0.05, 0) is 74.3 Å². The van der Waals surface area contributed by atoms with E-state index in [2.05, 4.69) is 50.1 Å². The van der Waals surface area contributed by atoms with Crippen LogP contribution in [0, 0.1) is 5.92 Å². The van der Waals surface area contributed by atoms with Crippen molar-refractivity contribution in [1.29, 1.82) is 0 Å². The summed E-state index contributed by atoms with van der Waals surface area (Å²) in [5.41, 5.74) is 5.02. The molecule has 0 radical (unpaired) electrons. The minimum atomic E-state index is -0.944. The maximum absolute atomic E-state index is 11.2. The molecule has 3 heterocycles. The molecular weight excluding hydrogens is 378 g/mol. The average Bonchev–Trinajstić information content (AvgIpc) is 3.38. The molecule has 1 aliphatic heterocycles. The Balaban J connectivity index is 1.40. The first kappa shape index (κ1) is 18.8. The SMILES string of the molecule is O=C(O)c1ccc2c(-c3cc4c(CNCC5CCNCC5)cccc4[nH]3)n[nH]c2c1. The Morgan fingerprint density at radius 2 is 1.97 bits per heavy atom. The third-order valence-corrected chi connectivity index (χ3v) is 6.03. The summed E-state index contributed by atoms with van der Waals surface area (Å²) in [5.74, 6) is -0.196. The van der Waals surface area contributed by atoms with Crippen LogP contribution in [-0.4, -0.2) is 45.9 Å². The Kier molecular flexibility index (Phi) is 4.98. The van der Waals surface area contributed by atoms with E-state index in [-0.39, 0.29) is 5.56 Å². The number of fused-ring (bicyclic) bond motifs is 2. The highest BCUT2D eigenvalue weighted by atomic mass is 16.4. The van der Waals surface area contributed by atoms with E-state index in [1.807, 2.05) is 6.07 Å². The summed E-state index contributed by atoms with van der Waals surface area (Å²) in [7, 11) is 0. The van der Waals surface area contributed by atoms with Gasteiger partial charge in [0.05, 0.1) is 16.8 Å². The highest BCUT2D eigenvalue weighted by molar-refractivity contribution is 5.99. The smallest absolute Gasteiger partial charge is 0.335 e. The number of hydrogen-bond acceptors (Lipinski definition) is 4. The Labute approximate surface area is 173 Å². The predicted octanol–water partition coefficient (Wildman–Crippen LogP) is 3.50. The van der Waals surface area contributed by atoms with E-state index >= 15 is 0 Å².